The number of hydrogen-bond acceptors (Lipinski definition) is 2. The van der Waals surface area contributed by atoms with Crippen molar-refractivity contribution in [1.82, 2.24) is 9.97 Å². The Labute approximate surface area is 263 Å². The van der Waals surface area contributed by atoms with E-state index >= 15 is 0 Å². The molecule has 7 aromatic rings. The minimum absolute atomic E-state index is 0.716. The lowest BCUT2D eigenvalue weighted by Crippen LogP contribution is -1.99. The first-order valence-electron chi connectivity index (χ1n) is 15.4. The van der Waals surface area contributed by atoms with Gasteiger partial charge in [-0.05, 0) is 56.6 Å². The highest BCUT2D eigenvalue weighted by Gasteiger charge is 2.19. The van der Waals surface area contributed by atoms with Crippen LogP contribution in [0.1, 0.15) is 23.1 Å². The van der Waals surface area contributed by atoms with Crippen molar-refractivity contribution in [3.05, 3.63) is 181 Å². The molecule has 8 rings (SSSR count). The molecule has 0 unspecified atom stereocenters. The van der Waals surface area contributed by atoms with Crippen LogP contribution in [-0.2, 0) is 0 Å². The topological polar surface area (TPSA) is 25.8 Å². The van der Waals surface area contributed by atoms with Crippen LogP contribution in [0.2, 0.25) is 0 Å². The number of hydrogen-bond donors (Lipinski definition) is 0. The molecular formula is C43H30N2. The molecule has 1 aliphatic rings. The minimum Gasteiger partial charge on any atom is -0.228 e. The van der Waals surface area contributed by atoms with Crippen molar-refractivity contribution in [3.63, 3.8) is 0 Å². The highest BCUT2D eigenvalue weighted by atomic mass is 14.9. The number of fused-ring (bicyclic) bond motifs is 2. The summed E-state index contributed by atoms with van der Waals surface area (Å²) < 4.78 is 0. The van der Waals surface area contributed by atoms with Crippen molar-refractivity contribution in [3.8, 4) is 45.0 Å². The maximum absolute atomic E-state index is 5.22. The molecule has 0 bridgehead atoms. The Kier molecular flexibility index (Phi) is 6.94. The van der Waals surface area contributed by atoms with Crippen LogP contribution >= 0.6 is 0 Å². The first kappa shape index (κ1) is 26.7. The van der Waals surface area contributed by atoms with Gasteiger partial charge in [-0.15, -0.1) is 0 Å². The average Bonchev–Trinajstić information content (AvgIpc) is 3.35. The molecule has 45 heavy (non-hydrogen) atoms. The van der Waals surface area contributed by atoms with Crippen LogP contribution in [0.3, 0.4) is 0 Å². The molecule has 212 valence electrons. The zero-order chi connectivity index (χ0) is 30.0. The second kappa shape index (κ2) is 11.7. The smallest absolute Gasteiger partial charge is 0.160 e. The van der Waals surface area contributed by atoms with E-state index in [0.717, 1.165) is 34.5 Å². The summed E-state index contributed by atoms with van der Waals surface area (Å²) in [5, 5.41) is 2.38. The Morgan fingerprint density at radius 3 is 1.69 bits per heavy atom. The van der Waals surface area contributed by atoms with Gasteiger partial charge in [0.15, 0.2) is 5.82 Å². The molecule has 0 aliphatic heterocycles. The summed E-state index contributed by atoms with van der Waals surface area (Å²) in [5.41, 5.74) is 12.3. The van der Waals surface area contributed by atoms with E-state index in [-0.39, 0.29) is 0 Å². The summed E-state index contributed by atoms with van der Waals surface area (Å²) in [6.45, 7) is 0. The van der Waals surface area contributed by atoms with Crippen molar-refractivity contribution in [2.45, 2.75) is 6.42 Å². The third kappa shape index (κ3) is 5.07. The lowest BCUT2D eigenvalue weighted by molar-refractivity contribution is 1.18. The fourth-order valence-corrected chi connectivity index (χ4v) is 6.41. The molecule has 0 saturated carbocycles. The standard InChI is InChI=1S/C43H30N2/c1-4-15-30(16-5-1)33-21-10-11-23-37-36(33)25-14-26-39(37)41-29-42(45-43(44-41)32-19-8-3-9-20-32)40-28-27-34(31-17-6-2-7-18-31)35-22-12-13-24-38(35)40/h1-9,11-29H,10H2. The van der Waals surface area contributed by atoms with Gasteiger partial charge in [0.2, 0.25) is 0 Å². The summed E-state index contributed by atoms with van der Waals surface area (Å²) >= 11 is 0. The van der Waals surface area contributed by atoms with Gasteiger partial charge in [-0.2, -0.15) is 0 Å². The molecule has 0 radical (unpaired) electrons. The quantitative estimate of drug-likeness (QED) is 0.204. The molecule has 2 heteroatoms. The summed E-state index contributed by atoms with van der Waals surface area (Å²) in [6.07, 6.45) is 7.70. The highest BCUT2D eigenvalue weighted by molar-refractivity contribution is 6.05. The van der Waals surface area contributed by atoms with Gasteiger partial charge in [0, 0.05) is 16.7 Å². The third-order valence-electron chi connectivity index (χ3n) is 8.54. The highest BCUT2D eigenvalue weighted by Crippen LogP contribution is 2.39. The van der Waals surface area contributed by atoms with Crippen molar-refractivity contribution in [2.75, 3.05) is 0 Å². The van der Waals surface area contributed by atoms with Gasteiger partial charge >= 0.3 is 0 Å². The molecule has 1 aliphatic carbocycles. The number of benzene rings is 6. The molecule has 2 nitrogen and oxygen atoms in total. The van der Waals surface area contributed by atoms with Crippen LogP contribution < -0.4 is 0 Å². The van der Waals surface area contributed by atoms with Gasteiger partial charge in [0.1, 0.15) is 0 Å². The molecule has 6 aromatic carbocycles. The molecule has 0 amide bonds. The molecule has 0 N–H and O–H groups in total. The monoisotopic (exact) mass is 574 g/mol. The fraction of sp³-hybridized carbons (Fsp3) is 0.0233. The van der Waals surface area contributed by atoms with Crippen molar-refractivity contribution < 1.29 is 0 Å². The zero-order valence-corrected chi connectivity index (χ0v) is 24.8. The normalized spacial score (nSPS) is 12.4. The number of nitrogens with zero attached hydrogens (tertiary/aromatic N) is 2. The van der Waals surface area contributed by atoms with Crippen LogP contribution in [0.4, 0.5) is 0 Å². The summed E-state index contributed by atoms with van der Waals surface area (Å²) in [5.74, 6) is 0.716. The Balaban J connectivity index is 1.35. The number of allylic oxidation sites excluding steroid dienone is 2. The van der Waals surface area contributed by atoms with E-state index in [2.05, 4.69) is 152 Å². The van der Waals surface area contributed by atoms with Gasteiger partial charge < -0.3 is 0 Å². The Hall–Kier alpha value is -5.86. The van der Waals surface area contributed by atoms with E-state index in [1.165, 1.54) is 44.2 Å². The lowest BCUT2D eigenvalue weighted by atomic mass is 9.90. The van der Waals surface area contributed by atoms with E-state index in [1.54, 1.807) is 0 Å². The number of aromatic nitrogens is 2. The first-order chi connectivity index (χ1) is 22.3. The molecule has 0 saturated heterocycles. The maximum Gasteiger partial charge on any atom is 0.160 e. The Bertz CT molecular complexity index is 2210. The van der Waals surface area contributed by atoms with Crippen LogP contribution in [0.25, 0.3) is 67.5 Å². The molecule has 0 atom stereocenters. The van der Waals surface area contributed by atoms with Crippen molar-refractivity contribution >= 4 is 22.4 Å². The summed E-state index contributed by atoms with van der Waals surface area (Å²) in [4.78, 5) is 10.4. The summed E-state index contributed by atoms with van der Waals surface area (Å²) in [7, 11) is 0. The first-order valence-corrected chi connectivity index (χ1v) is 15.4. The van der Waals surface area contributed by atoms with Gasteiger partial charge in [-0.25, -0.2) is 9.97 Å². The third-order valence-corrected chi connectivity index (χ3v) is 8.54. The maximum atomic E-state index is 5.22. The van der Waals surface area contributed by atoms with Crippen molar-refractivity contribution in [1.29, 1.82) is 0 Å². The van der Waals surface area contributed by atoms with Crippen LogP contribution in [0.15, 0.2) is 164 Å². The van der Waals surface area contributed by atoms with E-state index in [1.807, 2.05) is 18.2 Å². The SMILES string of the molecule is C1=Cc2c(cccc2-c2cc(-c3ccc(-c4ccccc4)c4ccccc34)nc(-c3ccccc3)n2)C(c2ccccc2)=CC1. The van der Waals surface area contributed by atoms with Crippen LogP contribution in [-0.4, -0.2) is 9.97 Å². The number of rotatable bonds is 5. The molecule has 1 aromatic heterocycles. The fourth-order valence-electron chi connectivity index (χ4n) is 6.41. The predicted octanol–water partition coefficient (Wildman–Crippen LogP) is 11.1. The van der Waals surface area contributed by atoms with Gasteiger partial charge in [0.25, 0.3) is 0 Å². The molecule has 0 spiro atoms. The van der Waals surface area contributed by atoms with Crippen LogP contribution in [0.5, 0.6) is 0 Å². The molecule has 0 fully saturated rings. The zero-order valence-electron chi connectivity index (χ0n) is 24.8. The Morgan fingerprint density at radius 1 is 0.422 bits per heavy atom. The van der Waals surface area contributed by atoms with Gasteiger partial charge in [0.05, 0.1) is 11.4 Å². The summed E-state index contributed by atoms with van der Waals surface area (Å²) in [6, 6.07) is 53.3. The second-order valence-corrected chi connectivity index (χ2v) is 11.3. The molecule has 1 heterocycles. The van der Waals surface area contributed by atoms with E-state index < -0.39 is 0 Å². The Morgan fingerprint density at radius 2 is 0.978 bits per heavy atom. The van der Waals surface area contributed by atoms with Crippen molar-refractivity contribution in [2.24, 2.45) is 0 Å². The average molecular weight is 575 g/mol. The van der Waals surface area contributed by atoms with E-state index in [4.69, 9.17) is 9.97 Å². The second-order valence-electron chi connectivity index (χ2n) is 11.3. The van der Waals surface area contributed by atoms with Gasteiger partial charge in [-0.3, -0.25) is 0 Å². The van der Waals surface area contributed by atoms with Gasteiger partial charge in [-0.1, -0.05) is 164 Å². The lowest BCUT2D eigenvalue weighted by Gasteiger charge is -2.16. The van der Waals surface area contributed by atoms with Crippen LogP contribution in [0, 0.1) is 0 Å². The minimum atomic E-state index is 0.716. The van der Waals surface area contributed by atoms with E-state index in [0.29, 0.717) is 5.82 Å². The predicted molar refractivity (Wildman–Crippen MR) is 188 cm³/mol. The largest absolute Gasteiger partial charge is 0.228 e. The van der Waals surface area contributed by atoms with E-state index in [9.17, 15) is 0 Å². The molecular weight excluding hydrogens is 544 g/mol.